The third-order valence-electron chi connectivity index (χ3n) is 6.61. The minimum Gasteiger partial charge on any atom is -0.467 e. The molecule has 1 atom stereocenters. The molecule has 28 heavy (non-hydrogen) atoms. The monoisotopic (exact) mass is 381 g/mol. The molecule has 1 aliphatic heterocycles. The number of hydrogen-bond donors (Lipinski definition) is 0. The highest BCUT2D eigenvalue weighted by Gasteiger charge is 2.48. The van der Waals surface area contributed by atoms with E-state index < -0.39 is 0 Å². The van der Waals surface area contributed by atoms with Crippen LogP contribution in [0.15, 0.2) is 36.8 Å². The molecule has 2 aliphatic rings. The number of rotatable bonds is 7. The first-order chi connectivity index (χ1) is 13.7. The van der Waals surface area contributed by atoms with Crippen LogP contribution in [0.1, 0.15) is 69.0 Å². The lowest BCUT2D eigenvalue weighted by Crippen LogP contribution is -2.46. The summed E-state index contributed by atoms with van der Waals surface area (Å²) in [4.78, 5) is 13.2. The molecule has 1 unspecified atom stereocenters. The van der Waals surface area contributed by atoms with Gasteiger partial charge in [-0.2, -0.15) is 0 Å². The molecule has 5 heteroatoms. The van der Waals surface area contributed by atoms with E-state index in [9.17, 15) is 0 Å². The molecule has 5 nitrogen and oxygen atoms in total. The summed E-state index contributed by atoms with van der Waals surface area (Å²) in [5.41, 5.74) is 2.68. The van der Waals surface area contributed by atoms with Crippen molar-refractivity contribution in [2.75, 3.05) is 13.7 Å². The van der Waals surface area contributed by atoms with E-state index in [2.05, 4.69) is 22.1 Å². The molecule has 150 valence electrons. The Bertz CT molecular complexity index is 744. The molecule has 0 bridgehead atoms. The molecular weight excluding hydrogens is 350 g/mol. The smallest absolute Gasteiger partial charge is 0.316 e. The number of methoxy groups -OCH3 is 1. The Hall–Kier alpha value is -2.01. The number of ether oxygens (including phenoxy) is 2. The summed E-state index contributed by atoms with van der Waals surface area (Å²) in [5, 5.41) is 0. The van der Waals surface area contributed by atoms with Crippen molar-refractivity contribution in [3.8, 4) is 6.01 Å². The number of hydrogen-bond acceptors (Lipinski definition) is 5. The number of unbranched alkanes of at least 4 members (excludes halogenated alkanes) is 1. The van der Waals surface area contributed by atoms with E-state index in [4.69, 9.17) is 14.5 Å². The molecule has 2 fully saturated rings. The van der Waals surface area contributed by atoms with E-state index in [0.29, 0.717) is 6.01 Å². The molecular formula is C23H31N3O2. The van der Waals surface area contributed by atoms with Crippen molar-refractivity contribution in [2.45, 2.75) is 75.2 Å². The van der Waals surface area contributed by atoms with Gasteiger partial charge >= 0.3 is 6.01 Å². The molecule has 1 spiro atoms. The van der Waals surface area contributed by atoms with Crippen molar-refractivity contribution < 1.29 is 9.47 Å². The molecule has 3 heterocycles. The molecule has 0 N–H and O–H groups in total. The van der Waals surface area contributed by atoms with Gasteiger partial charge in [0.2, 0.25) is 0 Å². The first kappa shape index (κ1) is 19.3. The fraction of sp³-hybridized carbons (Fsp3) is 0.609. The molecule has 2 aromatic heterocycles. The van der Waals surface area contributed by atoms with Crippen LogP contribution in [0.25, 0.3) is 0 Å². The third-order valence-corrected chi connectivity index (χ3v) is 6.61. The average Bonchev–Trinajstić information content (AvgIpc) is 3.19. The van der Waals surface area contributed by atoms with Gasteiger partial charge in [-0.15, -0.1) is 0 Å². The Morgan fingerprint density at radius 3 is 2.57 bits per heavy atom. The molecule has 4 rings (SSSR count). The second-order valence-corrected chi connectivity index (χ2v) is 8.45. The largest absolute Gasteiger partial charge is 0.467 e. The van der Waals surface area contributed by atoms with E-state index >= 15 is 0 Å². The Morgan fingerprint density at radius 1 is 1.04 bits per heavy atom. The fourth-order valence-corrected chi connectivity index (χ4v) is 5.17. The van der Waals surface area contributed by atoms with Crippen LogP contribution in [0.4, 0.5) is 0 Å². The third kappa shape index (κ3) is 4.19. The predicted molar refractivity (Wildman–Crippen MR) is 108 cm³/mol. The zero-order valence-electron chi connectivity index (χ0n) is 16.9. The molecule has 2 aromatic rings. The van der Waals surface area contributed by atoms with Crippen molar-refractivity contribution in [3.63, 3.8) is 0 Å². The van der Waals surface area contributed by atoms with Gasteiger partial charge < -0.3 is 9.47 Å². The minimum absolute atomic E-state index is 0.0968. The van der Waals surface area contributed by atoms with Crippen LogP contribution in [-0.4, -0.2) is 34.3 Å². The first-order valence-electron chi connectivity index (χ1n) is 10.6. The van der Waals surface area contributed by atoms with Crippen LogP contribution in [-0.2, 0) is 16.6 Å². The summed E-state index contributed by atoms with van der Waals surface area (Å²) in [6.07, 6.45) is 17.4. The molecule has 0 amide bonds. The summed E-state index contributed by atoms with van der Waals surface area (Å²) < 4.78 is 11.4. The van der Waals surface area contributed by atoms with Crippen LogP contribution in [0.5, 0.6) is 6.01 Å². The van der Waals surface area contributed by atoms with E-state index in [-0.39, 0.29) is 11.0 Å². The van der Waals surface area contributed by atoms with Gasteiger partial charge in [0.1, 0.15) is 0 Å². The summed E-state index contributed by atoms with van der Waals surface area (Å²) in [6.45, 7) is 0.864. The number of aromatic nitrogens is 3. The zero-order chi connectivity index (χ0) is 19.3. The molecule has 1 saturated carbocycles. The van der Waals surface area contributed by atoms with Crippen molar-refractivity contribution in [1.82, 2.24) is 15.0 Å². The Labute approximate surface area is 167 Å². The number of aryl methyl sites for hydroxylation is 1. The minimum atomic E-state index is 0.0968. The Kier molecular flexibility index (Phi) is 5.90. The highest BCUT2D eigenvalue weighted by Crippen LogP contribution is 2.50. The maximum absolute atomic E-state index is 6.34. The van der Waals surface area contributed by atoms with Gasteiger partial charge in [-0.1, -0.05) is 25.3 Å². The second kappa shape index (κ2) is 8.56. The van der Waals surface area contributed by atoms with Crippen LogP contribution < -0.4 is 4.74 Å². The van der Waals surface area contributed by atoms with Gasteiger partial charge in [0.25, 0.3) is 0 Å². The molecule has 1 aliphatic carbocycles. The maximum atomic E-state index is 6.34. The van der Waals surface area contributed by atoms with E-state index in [1.165, 1.54) is 49.8 Å². The normalized spacial score (nSPS) is 23.8. The van der Waals surface area contributed by atoms with E-state index in [1.807, 2.05) is 24.7 Å². The molecule has 1 saturated heterocycles. The SMILES string of the molecule is COc1ncc(CCCCC2(c3ccccn3)CCOC3(CCCC3)C2)cn1. The van der Waals surface area contributed by atoms with Gasteiger partial charge in [-0.05, 0) is 62.6 Å². The van der Waals surface area contributed by atoms with Crippen LogP contribution >= 0.6 is 0 Å². The highest BCUT2D eigenvalue weighted by atomic mass is 16.5. The van der Waals surface area contributed by atoms with Gasteiger partial charge in [-0.3, -0.25) is 4.98 Å². The van der Waals surface area contributed by atoms with Gasteiger partial charge in [0, 0.05) is 36.3 Å². The summed E-state index contributed by atoms with van der Waals surface area (Å²) in [7, 11) is 1.59. The first-order valence-corrected chi connectivity index (χ1v) is 10.6. The van der Waals surface area contributed by atoms with Crippen molar-refractivity contribution in [2.24, 2.45) is 0 Å². The predicted octanol–water partition coefficient (Wildman–Crippen LogP) is 4.65. The maximum Gasteiger partial charge on any atom is 0.316 e. The highest BCUT2D eigenvalue weighted by molar-refractivity contribution is 5.20. The summed E-state index contributed by atoms with van der Waals surface area (Å²) >= 11 is 0. The standard InChI is InChI=1S/C23H31N3O2/c1-27-21-25-16-19(17-26-21)8-2-4-10-22(20-9-3-7-14-24-20)13-15-28-23(18-22)11-5-6-12-23/h3,7,9,14,16-17H,2,4-6,8,10-13,15,18H2,1H3. The van der Waals surface area contributed by atoms with E-state index in [1.54, 1.807) is 7.11 Å². The Morgan fingerprint density at radius 2 is 1.86 bits per heavy atom. The quantitative estimate of drug-likeness (QED) is 0.653. The topological polar surface area (TPSA) is 57.1 Å². The van der Waals surface area contributed by atoms with Crippen molar-refractivity contribution in [3.05, 3.63) is 48.0 Å². The lowest BCUT2D eigenvalue weighted by molar-refractivity contribution is -0.104. The number of nitrogens with zero attached hydrogens (tertiary/aromatic N) is 3. The zero-order valence-corrected chi connectivity index (χ0v) is 16.9. The number of pyridine rings is 1. The average molecular weight is 382 g/mol. The van der Waals surface area contributed by atoms with Gasteiger partial charge in [0.05, 0.1) is 12.7 Å². The lowest BCUT2D eigenvalue weighted by Gasteiger charge is -2.46. The fourth-order valence-electron chi connectivity index (χ4n) is 5.17. The van der Waals surface area contributed by atoms with Crippen molar-refractivity contribution >= 4 is 0 Å². The second-order valence-electron chi connectivity index (χ2n) is 8.45. The molecule has 0 radical (unpaired) electrons. The molecule has 0 aromatic carbocycles. The van der Waals surface area contributed by atoms with Gasteiger partial charge in [-0.25, -0.2) is 9.97 Å². The lowest BCUT2D eigenvalue weighted by atomic mass is 9.67. The van der Waals surface area contributed by atoms with E-state index in [0.717, 1.165) is 32.3 Å². The van der Waals surface area contributed by atoms with Crippen LogP contribution in [0, 0.1) is 0 Å². The van der Waals surface area contributed by atoms with Crippen LogP contribution in [0.2, 0.25) is 0 Å². The summed E-state index contributed by atoms with van der Waals surface area (Å²) in [6, 6.07) is 6.81. The van der Waals surface area contributed by atoms with Gasteiger partial charge in [0.15, 0.2) is 0 Å². The summed E-state index contributed by atoms with van der Waals surface area (Å²) in [5.74, 6) is 0. The Balaban J connectivity index is 1.42. The van der Waals surface area contributed by atoms with Crippen molar-refractivity contribution in [1.29, 1.82) is 0 Å². The van der Waals surface area contributed by atoms with Crippen LogP contribution in [0.3, 0.4) is 0 Å².